The van der Waals surface area contributed by atoms with Gasteiger partial charge >= 0.3 is 0 Å². The van der Waals surface area contributed by atoms with Crippen molar-refractivity contribution in [3.8, 4) is 0 Å². The highest BCUT2D eigenvalue weighted by atomic mass is 32.1. The molecule has 0 bridgehead atoms. The first-order chi connectivity index (χ1) is 11.8. The Morgan fingerprint density at radius 3 is 2.67 bits per heavy atom. The molecule has 126 valence electrons. The van der Waals surface area contributed by atoms with E-state index in [0.717, 1.165) is 31.1 Å². The highest BCUT2D eigenvalue weighted by Gasteiger charge is 2.20. The molecule has 0 atom stereocenters. The Labute approximate surface area is 148 Å². The standard InChI is InChI=1S/C20H24N2OS/c23-20(9-8-17-5-2-1-3-6-17)21-12-15-22-13-10-18(11-14-22)19-7-4-16-24-19/h1-9,16,18H,10-15H2,(H,21,23)/b9-8+. The molecule has 2 heterocycles. The van der Waals surface area contributed by atoms with Crippen LogP contribution in [0.3, 0.4) is 0 Å². The van der Waals surface area contributed by atoms with Gasteiger partial charge in [-0.2, -0.15) is 0 Å². The van der Waals surface area contributed by atoms with Crippen LogP contribution in [0.25, 0.3) is 6.08 Å². The van der Waals surface area contributed by atoms with Crippen molar-refractivity contribution in [2.24, 2.45) is 0 Å². The predicted octanol–water partition coefficient (Wildman–Crippen LogP) is 3.76. The van der Waals surface area contributed by atoms with Crippen LogP contribution in [0, 0.1) is 0 Å². The van der Waals surface area contributed by atoms with E-state index in [1.54, 1.807) is 6.08 Å². The van der Waals surface area contributed by atoms with Crippen molar-refractivity contribution in [2.75, 3.05) is 26.2 Å². The second-order valence-electron chi connectivity index (χ2n) is 6.17. The van der Waals surface area contributed by atoms with Crippen molar-refractivity contribution >= 4 is 23.3 Å². The molecule has 0 saturated carbocycles. The van der Waals surface area contributed by atoms with E-state index in [9.17, 15) is 4.79 Å². The summed E-state index contributed by atoms with van der Waals surface area (Å²) in [4.78, 5) is 15.8. The fourth-order valence-electron chi connectivity index (χ4n) is 3.10. The number of rotatable bonds is 6. The number of hydrogen-bond donors (Lipinski definition) is 1. The molecule has 1 aromatic carbocycles. The van der Waals surface area contributed by atoms with Crippen LogP contribution in [0.5, 0.6) is 0 Å². The molecule has 1 aliphatic heterocycles. The molecule has 0 spiro atoms. The number of carbonyl (C=O) groups is 1. The first-order valence-electron chi connectivity index (χ1n) is 8.58. The minimum Gasteiger partial charge on any atom is -0.351 e. The molecule has 1 amide bonds. The van der Waals surface area contributed by atoms with Gasteiger partial charge in [0.05, 0.1) is 0 Å². The van der Waals surface area contributed by atoms with Gasteiger partial charge in [-0.25, -0.2) is 0 Å². The Morgan fingerprint density at radius 2 is 1.96 bits per heavy atom. The third-order valence-corrected chi connectivity index (χ3v) is 5.52. The molecular formula is C20H24N2OS. The summed E-state index contributed by atoms with van der Waals surface area (Å²) in [6, 6.07) is 14.3. The number of thiophene rings is 1. The van der Waals surface area contributed by atoms with Gasteiger partial charge in [0.2, 0.25) is 5.91 Å². The lowest BCUT2D eigenvalue weighted by Gasteiger charge is -2.31. The molecule has 3 nitrogen and oxygen atoms in total. The molecule has 1 saturated heterocycles. The van der Waals surface area contributed by atoms with Crippen molar-refractivity contribution in [3.05, 3.63) is 64.4 Å². The van der Waals surface area contributed by atoms with E-state index in [-0.39, 0.29) is 5.91 Å². The lowest BCUT2D eigenvalue weighted by Crippen LogP contribution is -2.38. The van der Waals surface area contributed by atoms with Crippen LogP contribution in [0.4, 0.5) is 0 Å². The zero-order valence-electron chi connectivity index (χ0n) is 13.9. The molecule has 0 radical (unpaired) electrons. The summed E-state index contributed by atoms with van der Waals surface area (Å²) in [6.45, 7) is 3.89. The van der Waals surface area contributed by atoms with Crippen LogP contribution in [0.2, 0.25) is 0 Å². The third-order valence-electron chi connectivity index (χ3n) is 4.49. The van der Waals surface area contributed by atoms with Crippen molar-refractivity contribution in [2.45, 2.75) is 18.8 Å². The van der Waals surface area contributed by atoms with Crippen molar-refractivity contribution in [3.63, 3.8) is 0 Å². The SMILES string of the molecule is O=C(/C=C/c1ccccc1)NCCN1CCC(c2cccs2)CC1. The van der Waals surface area contributed by atoms with E-state index < -0.39 is 0 Å². The average Bonchev–Trinajstić information content (AvgIpc) is 3.16. The summed E-state index contributed by atoms with van der Waals surface area (Å²) in [5.41, 5.74) is 1.04. The Bertz CT molecular complexity index is 644. The number of benzene rings is 1. The molecule has 3 rings (SSSR count). The molecule has 2 aromatic rings. The first kappa shape index (κ1) is 16.9. The Kier molecular flexibility index (Phi) is 6.21. The van der Waals surface area contributed by atoms with Gasteiger partial charge in [-0.3, -0.25) is 4.79 Å². The fourth-order valence-corrected chi connectivity index (χ4v) is 4.00. The number of piperidine rings is 1. The van der Waals surface area contributed by atoms with E-state index in [0.29, 0.717) is 6.54 Å². The van der Waals surface area contributed by atoms with Crippen LogP contribution >= 0.6 is 11.3 Å². The quantitative estimate of drug-likeness (QED) is 0.812. The zero-order chi connectivity index (χ0) is 16.6. The second-order valence-corrected chi connectivity index (χ2v) is 7.15. The minimum atomic E-state index is -0.0210. The molecule has 1 aliphatic rings. The van der Waals surface area contributed by atoms with Gasteiger partial charge in [-0.1, -0.05) is 36.4 Å². The maximum Gasteiger partial charge on any atom is 0.244 e. The minimum absolute atomic E-state index is 0.0210. The average molecular weight is 340 g/mol. The van der Waals surface area contributed by atoms with E-state index in [2.05, 4.69) is 27.7 Å². The van der Waals surface area contributed by atoms with Crippen LogP contribution < -0.4 is 5.32 Å². The first-order valence-corrected chi connectivity index (χ1v) is 9.46. The van der Waals surface area contributed by atoms with E-state index in [1.165, 1.54) is 17.7 Å². The number of nitrogens with zero attached hydrogens (tertiary/aromatic N) is 1. The monoisotopic (exact) mass is 340 g/mol. The number of hydrogen-bond acceptors (Lipinski definition) is 3. The predicted molar refractivity (Wildman–Crippen MR) is 101 cm³/mol. The zero-order valence-corrected chi connectivity index (χ0v) is 14.7. The maximum atomic E-state index is 11.9. The van der Waals surface area contributed by atoms with E-state index in [4.69, 9.17) is 0 Å². The second kappa shape index (κ2) is 8.81. The molecule has 1 aromatic heterocycles. The summed E-state index contributed by atoms with van der Waals surface area (Å²) < 4.78 is 0. The van der Waals surface area contributed by atoms with Gasteiger partial charge in [-0.05, 0) is 54.9 Å². The van der Waals surface area contributed by atoms with E-state index >= 15 is 0 Å². The Morgan fingerprint density at radius 1 is 1.17 bits per heavy atom. The maximum absolute atomic E-state index is 11.9. The highest BCUT2D eigenvalue weighted by molar-refractivity contribution is 7.10. The summed E-state index contributed by atoms with van der Waals surface area (Å²) in [6.07, 6.45) is 5.91. The van der Waals surface area contributed by atoms with Crippen LogP contribution in [0.15, 0.2) is 53.9 Å². The Hall–Kier alpha value is -1.91. The van der Waals surface area contributed by atoms with Crippen molar-refractivity contribution in [1.29, 1.82) is 0 Å². The fraction of sp³-hybridized carbons (Fsp3) is 0.350. The van der Waals surface area contributed by atoms with Crippen molar-refractivity contribution in [1.82, 2.24) is 10.2 Å². The normalized spacial score (nSPS) is 16.5. The lowest BCUT2D eigenvalue weighted by atomic mass is 9.95. The summed E-state index contributed by atoms with van der Waals surface area (Å²) in [5.74, 6) is 0.706. The van der Waals surface area contributed by atoms with Crippen LogP contribution in [-0.2, 0) is 4.79 Å². The molecule has 0 aliphatic carbocycles. The topological polar surface area (TPSA) is 32.3 Å². The molecular weight excluding hydrogens is 316 g/mol. The van der Waals surface area contributed by atoms with Gasteiger partial charge in [0.15, 0.2) is 0 Å². The summed E-state index contributed by atoms with van der Waals surface area (Å²) in [5, 5.41) is 5.14. The summed E-state index contributed by atoms with van der Waals surface area (Å²) in [7, 11) is 0. The summed E-state index contributed by atoms with van der Waals surface area (Å²) >= 11 is 1.87. The third kappa shape index (κ3) is 5.05. The number of carbonyl (C=O) groups excluding carboxylic acids is 1. The molecule has 1 fully saturated rings. The Balaban J connectivity index is 1.34. The lowest BCUT2D eigenvalue weighted by molar-refractivity contribution is -0.116. The van der Waals surface area contributed by atoms with Gasteiger partial charge in [-0.15, -0.1) is 11.3 Å². The molecule has 1 N–H and O–H groups in total. The number of nitrogens with one attached hydrogen (secondary N) is 1. The van der Waals surface area contributed by atoms with E-state index in [1.807, 2.05) is 47.7 Å². The van der Waals surface area contributed by atoms with Gasteiger partial charge in [0, 0.05) is 24.0 Å². The number of likely N-dealkylation sites (tertiary alicyclic amines) is 1. The van der Waals surface area contributed by atoms with Crippen molar-refractivity contribution < 1.29 is 4.79 Å². The van der Waals surface area contributed by atoms with Gasteiger partial charge < -0.3 is 10.2 Å². The highest BCUT2D eigenvalue weighted by Crippen LogP contribution is 2.30. The molecule has 0 unspecified atom stereocenters. The number of amides is 1. The largest absolute Gasteiger partial charge is 0.351 e. The molecule has 24 heavy (non-hydrogen) atoms. The molecule has 4 heteroatoms. The van der Waals surface area contributed by atoms with Crippen LogP contribution in [0.1, 0.15) is 29.2 Å². The smallest absolute Gasteiger partial charge is 0.244 e. The van der Waals surface area contributed by atoms with Gasteiger partial charge in [0.25, 0.3) is 0 Å². The van der Waals surface area contributed by atoms with Crippen LogP contribution in [-0.4, -0.2) is 37.0 Å². The van der Waals surface area contributed by atoms with Gasteiger partial charge in [0.1, 0.15) is 0 Å².